The molecule has 0 aliphatic heterocycles. The molecule has 0 amide bonds. The van der Waals surface area contributed by atoms with Crippen molar-refractivity contribution in [1.82, 2.24) is 0 Å². The minimum Gasteiger partial charge on any atom is -0.266 e. The Morgan fingerprint density at radius 3 is 2.00 bits per heavy atom. The highest BCUT2D eigenvalue weighted by Gasteiger charge is 2.15. The maximum atomic E-state index is 12.1. The molecule has 0 bridgehead atoms. The van der Waals surface area contributed by atoms with Gasteiger partial charge in [-0.1, -0.05) is 62.7 Å². The smallest absolute Gasteiger partial charge is 0.266 e. The van der Waals surface area contributed by atoms with Gasteiger partial charge in [0.25, 0.3) is 10.1 Å². The minimum atomic E-state index is -3.68. The molecule has 124 valence electrons. The van der Waals surface area contributed by atoms with Crippen molar-refractivity contribution >= 4 is 10.1 Å². The monoisotopic (exact) mass is 332 g/mol. The van der Waals surface area contributed by atoms with Crippen LogP contribution in [0.25, 0.3) is 0 Å². The van der Waals surface area contributed by atoms with E-state index in [1.165, 1.54) is 5.56 Å². The van der Waals surface area contributed by atoms with Crippen LogP contribution in [0.1, 0.15) is 37.5 Å². The van der Waals surface area contributed by atoms with Gasteiger partial charge in [0.15, 0.2) is 0 Å². The van der Waals surface area contributed by atoms with Gasteiger partial charge in [-0.25, -0.2) is 0 Å². The zero-order valence-corrected chi connectivity index (χ0v) is 15.0. The van der Waals surface area contributed by atoms with E-state index in [1.807, 2.05) is 19.1 Å². The van der Waals surface area contributed by atoms with Gasteiger partial charge in [0, 0.05) is 0 Å². The second kappa shape index (κ2) is 6.85. The van der Waals surface area contributed by atoms with E-state index >= 15 is 0 Å². The first-order valence-corrected chi connectivity index (χ1v) is 9.15. The molecule has 0 atom stereocenters. The highest BCUT2D eigenvalue weighted by atomic mass is 32.2. The third kappa shape index (κ3) is 4.91. The quantitative estimate of drug-likeness (QED) is 0.769. The fourth-order valence-electron chi connectivity index (χ4n) is 2.21. The molecule has 0 N–H and O–H groups in total. The Labute approximate surface area is 139 Å². The predicted octanol–water partition coefficient (Wildman–Crippen LogP) is 4.24. The highest BCUT2D eigenvalue weighted by Crippen LogP contribution is 2.22. The van der Waals surface area contributed by atoms with Crippen LogP contribution in [-0.4, -0.2) is 15.0 Å². The zero-order chi connectivity index (χ0) is 17.1. The van der Waals surface area contributed by atoms with Gasteiger partial charge in [0.2, 0.25) is 0 Å². The Kier molecular flexibility index (Phi) is 5.27. The fourth-order valence-corrected chi connectivity index (χ4v) is 3.12. The van der Waals surface area contributed by atoms with E-state index in [2.05, 4.69) is 32.9 Å². The van der Waals surface area contributed by atoms with Crippen molar-refractivity contribution in [2.24, 2.45) is 0 Å². The van der Waals surface area contributed by atoms with Gasteiger partial charge in [-0.05, 0) is 42.0 Å². The maximum absolute atomic E-state index is 12.1. The van der Waals surface area contributed by atoms with Crippen LogP contribution in [0, 0.1) is 6.92 Å². The summed E-state index contributed by atoms with van der Waals surface area (Å²) in [6.45, 7) is 8.56. The Morgan fingerprint density at radius 2 is 1.48 bits per heavy atom. The summed E-state index contributed by atoms with van der Waals surface area (Å²) in [6, 6.07) is 14.9. The molecule has 0 fully saturated rings. The summed E-state index contributed by atoms with van der Waals surface area (Å²) < 4.78 is 29.3. The average molecular weight is 332 g/mol. The van der Waals surface area contributed by atoms with Crippen LogP contribution < -0.4 is 0 Å². The average Bonchev–Trinajstić information content (AvgIpc) is 2.47. The lowest BCUT2D eigenvalue weighted by Gasteiger charge is -2.19. The van der Waals surface area contributed by atoms with E-state index in [0.717, 1.165) is 11.1 Å². The first kappa shape index (κ1) is 17.7. The summed E-state index contributed by atoms with van der Waals surface area (Å²) in [4.78, 5) is 0.200. The molecule has 2 rings (SSSR count). The van der Waals surface area contributed by atoms with E-state index in [9.17, 15) is 8.42 Å². The normalized spacial score (nSPS) is 12.3. The summed E-state index contributed by atoms with van der Waals surface area (Å²) in [6.07, 6.45) is 0.565. The summed E-state index contributed by atoms with van der Waals surface area (Å²) in [5, 5.41) is 0. The number of hydrogen-bond acceptors (Lipinski definition) is 3. The molecule has 4 heteroatoms. The lowest BCUT2D eigenvalue weighted by atomic mass is 9.86. The van der Waals surface area contributed by atoms with Gasteiger partial charge in [-0.2, -0.15) is 8.42 Å². The molecule has 0 saturated heterocycles. The standard InChI is InChI=1S/C19H24O3S/c1-15-5-11-18(12-6-15)23(20,21)22-14-13-16-7-9-17(10-8-16)19(2,3)4/h5-12H,13-14H2,1-4H3. The molecule has 0 saturated carbocycles. The third-order valence-electron chi connectivity index (χ3n) is 3.76. The number of benzene rings is 2. The second-order valence-electron chi connectivity index (χ2n) is 6.79. The van der Waals surface area contributed by atoms with Gasteiger partial charge < -0.3 is 0 Å². The van der Waals surface area contributed by atoms with Crippen molar-refractivity contribution in [3.05, 3.63) is 65.2 Å². The number of rotatable bonds is 5. The van der Waals surface area contributed by atoms with E-state index in [0.29, 0.717) is 6.42 Å². The highest BCUT2D eigenvalue weighted by molar-refractivity contribution is 7.86. The molecule has 2 aromatic rings. The first-order chi connectivity index (χ1) is 10.7. The van der Waals surface area contributed by atoms with Crippen LogP contribution in [0.3, 0.4) is 0 Å². The Bertz CT molecular complexity index is 737. The molecule has 0 spiro atoms. The number of hydrogen-bond donors (Lipinski definition) is 0. The van der Waals surface area contributed by atoms with Crippen molar-refractivity contribution in [2.45, 2.75) is 44.4 Å². The molecule has 0 heterocycles. The van der Waals surface area contributed by atoms with Crippen LogP contribution in [0.2, 0.25) is 0 Å². The van der Waals surface area contributed by atoms with Crippen LogP contribution in [0.15, 0.2) is 53.4 Å². The lowest BCUT2D eigenvalue weighted by molar-refractivity contribution is 0.322. The number of aryl methyl sites for hydroxylation is 1. The SMILES string of the molecule is Cc1ccc(S(=O)(=O)OCCc2ccc(C(C)(C)C)cc2)cc1. The van der Waals surface area contributed by atoms with Gasteiger partial charge in [-0.15, -0.1) is 0 Å². The van der Waals surface area contributed by atoms with E-state index in [-0.39, 0.29) is 16.9 Å². The Hall–Kier alpha value is -1.65. The van der Waals surface area contributed by atoms with Crippen molar-refractivity contribution < 1.29 is 12.6 Å². The third-order valence-corrected chi connectivity index (χ3v) is 5.09. The Morgan fingerprint density at radius 1 is 0.913 bits per heavy atom. The van der Waals surface area contributed by atoms with E-state index < -0.39 is 10.1 Å². The molecule has 2 aromatic carbocycles. The van der Waals surface area contributed by atoms with Crippen LogP contribution >= 0.6 is 0 Å². The minimum absolute atomic E-state index is 0.115. The molecule has 0 radical (unpaired) electrons. The first-order valence-electron chi connectivity index (χ1n) is 7.74. The molecular formula is C19H24O3S. The van der Waals surface area contributed by atoms with Crippen LogP contribution in [-0.2, 0) is 26.1 Å². The maximum Gasteiger partial charge on any atom is 0.296 e. The van der Waals surface area contributed by atoms with Gasteiger partial charge in [0.05, 0.1) is 11.5 Å². The van der Waals surface area contributed by atoms with Gasteiger partial charge >= 0.3 is 0 Å². The largest absolute Gasteiger partial charge is 0.296 e. The fraction of sp³-hybridized carbons (Fsp3) is 0.368. The van der Waals surface area contributed by atoms with Gasteiger partial charge in [0.1, 0.15) is 0 Å². The van der Waals surface area contributed by atoms with Crippen LogP contribution in [0.5, 0.6) is 0 Å². The molecule has 0 unspecified atom stereocenters. The van der Waals surface area contributed by atoms with Crippen molar-refractivity contribution in [3.63, 3.8) is 0 Å². The topological polar surface area (TPSA) is 43.4 Å². The summed E-state index contributed by atoms with van der Waals surface area (Å²) >= 11 is 0. The molecular weight excluding hydrogens is 308 g/mol. The van der Waals surface area contributed by atoms with Crippen molar-refractivity contribution in [2.75, 3.05) is 6.61 Å². The predicted molar refractivity (Wildman–Crippen MR) is 93.2 cm³/mol. The molecule has 0 aliphatic rings. The molecule has 0 aromatic heterocycles. The summed E-state index contributed by atoms with van der Waals surface area (Å²) in [5.74, 6) is 0. The van der Waals surface area contributed by atoms with Crippen LogP contribution in [0.4, 0.5) is 0 Å². The molecule has 23 heavy (non-hydrogen) atoms. The lowest BCUT2D eigenvalue weighted by Crippen LogP contribution is -2.11. The zero-order valence-electron chi connectivity index (χ0n) is 14.2. The van der Waals surface area contributed by atoms with Crippen molar-refractivity contribution in [1.29, 1.82) is 0 Å². The molecule has 0 aliphatic carbocycles. The van der Waals surface area contributed by atoms with Crippen molar-refractivity contribution in [3.8, 4) is 0 Å². The Balaban J connectivity index is 1.95. The van der Waals surface area contributed by atoms with Gasteiger partial charge in [-0.3, -0.25) is 4.18 Å². The molecule has 3 nitrogen and oxygen atoms in total. The van der Waals surface area contributed by atoms with E-state index in [1.54, 1.807) is 24.3 Å². The van der Waals surface area contributed by atoms with E-state index in [4.69, 9.17) is 4.18 Å². The second-order valence-corrected chi connectivity index (χ2v) is 8.40. The summed E-state index contributed by atoms with van der Waals surface area (Å²) in [7, 11) is -3.68. The summed E-state index contributed by atoms with van der Waals surface area (Å²) in [5.41, 5.74) is 3.46.